The van der Waals surface area contributed by atoms with Gasteiger partial charge < -0.3 is 15.5 Å². The second-order valence-electron chi connectivity index (χ2n) is 6.01. The Labute approximate surface area is 130 Å². The third kappa shape index (κ3) is 3.85. The van der Waals surface area contributed by atoms with Crippen LogP contribution in [-0.2, 0) is 4.79 Å². The van der Waals surface area contributed by atoms with Crippen molar-refractivity contribution in [2.45, 2.75) is 50.9 Å². The van der Waals surface area contributed by atoms with Crippen LogP contribution in [0.1, 0.15) is 56.8 Å². The molecule has 1 aromatic heterocycles. The average Bonchev–Trinajstić information content (AvgIpc) is 3.27. The minimum absolute atomic E-state index is 0.0537. The molecular weight excluding hydrogens is 278 g/mol. The van der Waals surface area contributed by atoms with Gasteiger partial charge in [0.25, 0.3) is 0 Å². The van der Waals surface area contributed by atoms with Crippen molar-refractivity contribution < 1.29 is 9.21 Å². The van der Waals surface area contributed by atoms with Crippen molar-refractivity contribution in [2.75, 3.05) is 11.9 Å². The molecule has 0 atom stereocenters. The largest absolute Gasteiger partial charge is 0.440 e. The molecule has 1 aliphatic carbocycles. The van der Waals surface area contributed by atoms with E-state index in [9.17, 15) is 4.79 Å². The minimum atomic E-state index is 0.0537. The van der Waals surface area contributed by atoms with Crippen molar-refractivity contribution in [1.82, 2.24) is 4.98 Å². The Morgan fingerprint density at radius 1 is 1.27 bits per heavy atom. The van der Waals surface area contributed by atoms with E-state index in [4.69, 9.17) is 10.2 Å². The number of nitrogens with two attached hydrogens (primary N) is 1. The van der Waals surface area contributed by atoms with Gasteiger partial charge in [0.2, 0.25) is 5.91 Å². The second-order valence-corrected chi connectivity index (χ2v) is 6.01. The number of nitrogens with zero attached hydrogens (tertiary/aromatic N) is 1. The van der Waals surface area contributed by atoms with E-state index in [2.05, 4.69) is 10.3 Å². The lowest BCUT2D eigenvalue weighted by Gasteiger charge is -2.04. The van der Waals surface area contributed by atoms with E-state index in [1.165, 1.54) is 12.8 Å². The first-order valence-corrected chi connectivity index (χ1v) is 8.16. The monoisotopic (exact) mass is 301 g/mol. The highest BCUT2D eigenvalue weighted by Gasteiger charge is 2.28. The first-order chi connectivity index (χ1) is 10.8. The van der Waals surface area contributed by atoms with E-state index in [0.717, 1.165) is 54.9 Å². The summed E-state index contributed by atoms with van der Waals surface area (Å²) in [6.07, 6.45) is 6.98. The molecule has 1 aliphatic rings. The molecule has 5 heteroatoms. The van der Waals surface area contributed by atoms with Crippen LogP contribution in [-0.4, -0.2) is 17.4 Å². The molecule has 1 saturated carbocycles. The molecule has 0 aliphatic heterocycles. The van der Waals surface area contributed by atoms with Gasteiger partial charge in [-0.15, -0.1) is 0 Å². The van der Waals surface area contributed by atoms with Gasteiger partial charge in [0.15, 0.2) is 11.5 Å². The third-order valence-electron chi connectivity index (χ3n) is 3.97. The summed E-state index contributed by atoms with van der Waals surface area (Å²) in [4.78, 5) is 16.4. The first-order valence-electron chi connectivity index (χ1n) is 8.16. The van der Waals surface area contributed by atoms with Crippen molar-refractivity contribution in [1.29, 1.82) is 0 Å². The van der Waals surface area contributed by atoms with Gasteiger partial charge in [-0.3, -0.25) is 4.79 Å². The Balaban J connectivity index is 1.53. The maximum Gasteiger partial charge on any atom is 0.224 e. The van der Waals surface area contributed by atoms with Crippen molar-refractivity contribution in [3.05, 3.63) is 24.1 Å². The molecule has 3 N–H and O–H groups in total. The molecule has 1 aromatic carbocycles. The summed E-state index contributed by atoms with van der Waals surface area (Å²) in [5, 5.41) is 2.93. The summed E-state index contributed by atoms with van der Waals surface area (Å²) in [6.45, 7) is 0.729. The van der Waals surface area contributed by atoms with E-state index in [-0.39, 0.29) is 5.91 Å². The summed E-state index contributed by atoms with van der Waals surface area (Å²) in [5.41, 5.74) is 7.85. The van der Waals surface area contributed by atoms with Crippen molar-refractivity contribution in [3.63, 3.8) is 0 Å². The van der Waals surface area contributed by atoms with Crippen LogP contribution in [0.2, 0.25) is 0 Å². The normalized spacial score (nSPS) is 14.4. The summed E-state index contributed by atoms with van der Waals surface area (Å²) in [6, 6.07) is 5.64. The molecule has 0 bridgehead atoms. The molecule has 0 unspecified atom stereocenters. The molecule has 0 saturated heterocycles. The van der Waals surface area contributed by atoms with Gasteiger partial charge in [-0.2, -0.15) is 0 Å². The van der Waals surface area contributed by atoms with Crippen LogP contribution in [0.5, 0.6) is 0 Å². The number of amides is 1. The van der Waals surface area contributed by atoms with Crippen LogP contribution in [0.25, 0.3) is 11.1 Å². The standard InChI is InChI=1S/C17H23N3O2/c18-10-4-2-1-3-5-16(21)19-13-8-9-15-14(11-13)20-17(22-15)12-6-7-12/h8-9,11-12H,1-7,10,18H2,(H,19,21). The average molecular weight is 301 g/mol. The number of carbonyl (C=O) groups excluding carboxylic acids is 1. The van der Waals surface area contributed by atoms with E-state index in [1.54, 1.807) is 0 Å². The maximum atomic E-state index is 11.9. The molecule has 0 spiro atoms. The lowest BCUT2D eigenvalue weighted by molar-refractivity contribution is -0.116. The molecule has 1 heterocycles. The number of hydrogen-bond acceptors (Lipinski definition) is 4. The Morgan fingerprint density at radius 3 is 2.86 bits per heavy atom. The number of oxazole rings is 1. The van der Waals surface area contributed by atoms with Crippen LogP contribution >= 0.6 is 0 Å². The number of rotatable bonds is 8. The predicted molar refractivity (Wildman–Crippen MR) is 86.8 cm³/mol. The Hall–Kier alpha value is -1.88. The topological polar surface area (TPSA) is 81.2 Å². The molecule has 1 fully saturated rings. The zero-order valence-corrected chi connectivity index (χ0v) is 12.8. The SMILES string of the molecule is NCCCCCCC(=O)Nc1ccc2oc(C3CC3)nc2c1. The number of nitrogens with one attached hydrogen (secondary N) is 1. The zero-order valence-electron chi connectivity index (χ0n) is 12.8. The van der Waals surface area contributed by atoms with Crippen LogP contribution in [0.3, 0.4) is 0 Å². The van der Waals surface area contributed by atoms with Crippen LogP contribution in [0, 0.1) is 0 Å². The minimum Gasteiger partial charge on any atom is -0.440 e. The number of benzene rings is 1. The Morgan fingerprint density at radius 2 is 2.09 bits per heavy atom. The summed E-state index contributed by atoms with van der Waals surface area (Å²) in [7, 11) is 0. The fourth-order valence-electron chi connectivity index (χ4n) is 2.53. The van der Waals surface area contributed by atoms with Gasteiger partial charge in [-0.05, 0) is 50.4 Å². The fraction of sp³-hybridized carbons (Fsp3) is 0.529. The van der Waals surface area contributed by atoms with E-state index in [0.29, 0.717) is 12.3 Å². The highest BCUT2D eigenvalue weighted by atomic mass is 16.3. The van der Waals surface area contributed by atoms with Gasteiger partial charge in [0.1, 0.15) is 5.52 Å². The van der Waals surface area contributed by atoms with Crippen LogP contribution < -0.4 is 11.1 Å². The predicted octanol–water partition coefficient (Wildman–Crippen LogP) is 3.55. The van der Waals surface area contributed by atoms with E-state index in [1.807, 2.05) is 18.2 Å². The van der Waals surface area contributed by atoms with Crippen molar-refractivity contribution >= 4 is 22.7 Å². The summed E-state index contributed by atoms with van der Waals surface area (Å²) < 4.78 is 5.72. The maximum absolute atomic E-state index is 11.9. The van der Waals surface area contributed by atoms with Crippen LogP contribution in [0.4, 0.5) is 5.69 Å². The van der Waals surface area contributed by atoms with Crippen molar-refractivity contribution in [3.8, 4) is 0 Å². The van der Waals surface area contributed by atoms with E-state index < -0.39 is 0 Å². The highest BCUT2D eigenvalue weighted by Crippen LogP contribution is 2.40. The quantitative estimate of drug-likeness (QED) is 0.731. The molecule has 118 valence electrons. The molecule has 3 rings (SSSR count). The number of carbonyl (C=O) groups is 1. The third-order valence-corrected chi connectivity index (χ3v) is 3.97. The van der Waals surface area contributed by atoms with Gasteiger partial charge in [-0.1, -0.05) is 12.8 Å². The van der Waals surface area contributed by atoms with Crippen molar-refractivity contribution in [2.24, 2.45) is 5.73 Å². The molecule has 5 nitrogen and oxygen atoms in total. The number of fused-ring (bicyclic) bond motifs is 1. The van der Waals surface area contributed by atoms with Gasteiger partial charge in [-0.25, -0.2) is 4.98 Å². The lowest BCUT2D eigenvalue weighted by Crippen LogP contribution is -2.11. The molecule has 0 radical (unpaired) electrons. The lowest BCUT2D eigenvalue weighted by atomic mass is 10.1. The molecule has 22 heavy (non-hydrogen) atoms. The van der Waals surface area contributed by atoms with E-state index >= 15 is 0 Å². The fourth-order valence-corrected chi connectivity index (χ4v) is 2.53. The van der Waals surface area contributed by atoms with Gasteiger partial charge in [0.05, 0.1) is 0 Å². The Kier molecular flexibility index (Phi) is 4.73. The summed E-state index contributed by atoms with van der Waals surface area (Å²) >= 11 is 0. The van der Waals surface area contributed by atoms with Gasteiger partial charge in [0, 0.05) is 18.0 Å². The summed E-state index contributed by atoms with van der Waals surface area (Å²) in [5.74, 6) is 1.38. The number of hydrogen-bond donors (Lipinski definition) is 2. The highest BCUT2D eigenvalue weighted by molar-refractivity contribution is 5.92. The molecule has 1 amide bonds. The second kappa shape index (κ2) is 6.92. The zero-order chi connectivity index (χ0) is 15.4. The Bertz CT molecular complexity index is 646. The number of anilines is 1. The smallest absolute Gasteiger partial charge is 0.224 e. The van der Waals surface area contributed by atoms with Gasteiger partial charge >= 0.3 is 0 Å². The number of aromatic nitrogens is 1. The first kappa shape index (κ1) is 15.0. The van der Waals surface area contributed by atoms with Crippen LogP contribution in [0.15, 0.2) is 22.6 Å². The molecular formula is C17H23N3O2. The molecule has 2 aromatic rings. The number of unbranched alkanes of at least 4 members (excludes halogenated alkanes) is 3.